The van der Waals surface area contributed by atoms with Gasteiger partial charge in [0.2, 0.25) is 0 Å². The Labute approximate surface area is 101 Å². The van der Waals surface area contributed by atoms with Gasteiger partial charge < -0.3 is 5.11 Å². The Morgan fingerprint density at radius 2 is 1.82 bits per heavy atom. The van der Waals surface area contributed by atoms with Crippen LogP contribution >= 0.6 is 0 Å². The largest absolute Gasteiger partial charge is 0.385 e. The van der Waals surface area contributed by atoms with Crippen LogP contribution in [0.5, 0.6) is 0 Å². The van der Waals surface area contributed by atoms with Gasteiger partial charge in [-0.3, -0.25) is 0 Å². The average Bonchev–Trinajstić information content (AvgIpc) is 2.35. The van der Waals surface area contributed by atoms with Crippen LogP contribution in [0.15, 0.2) is 36.7 Å². The van der Waals surface area contributed by atoms with Crippen molar-refractivity contribution in [2.24, 2.45) is 0 Å². The maximum atomic E-state index is 10.0. The lowest BCUT2D eigenvalue weighted by Gasteiger charge is -2.10. The highest BCUT2D eigenvalue weighted by atomic mass is 16.3. The van der Waals surface area contributed by atoms with Crippen molar-refractivity contribution in [3.8, 4) is 0 Å². The van der Waals surface area contributed by atoms with E-state index in [9.17, 15) is 5.11 Å². The molecule has 2 aromatic rings. The molecule has 0 fully saturated rings. The highest BCUT2D eigenvalue weighted by Gasteiger charge is 2.11. The predicted octanol–water partition coefficient (Wildman–Crippen LogP) is 2.37. The Bertz CT molecular complexity index is 497. The fourth-order valence-electron chi connectivity index (χ4n) is 1.73. The van der Waals surface area contributed by atoms with Crippen molar-refractivity contribution in [2.75, 3.05) is 0 Å². The molecule has 1 aromatic carbocycles. The van der Waals surface area contributed by atoms with Crippen LogP contribution in [0.25, 0.3) is 0 Å². The minimum Gasteiger partial charge on any atom is -0.385 e. The van der Waals surface area contributed by atoms with Gasteiger partial charge in [-0.2, -0.15) is 0 Å². The van der Waals surface area contributed by atoms with Crippen molar-refractivity contribution in [3.05, 3.63) is 59.2 Å². The van der Waals surface area contributed by atoms with Crippen LogP contribution < -0.4 is 0 Å². The van der Waals surface area contributed by atoms with E-state index in [1.54, 1.807) is 18.5 Å². The summed E-state index contributed by atoms with van der Waals surface area (Å²) in [4.78, 5) is 8.11. The number of rotatable bonds is 3. The molecule has 0 bridgehead atoms. The lowest BCUT2D eigenvalue weighted by atomic mass is 10.0. The lowest BCUT2D eigenvalue weighted by molar-refractivity contribution is 0.168. The smallest absolute Gasteiger partial charge is 0.157 e. The Morgan fingerprint density at radius 1 is 1.12 bits per heavy atom. The molecule has 88 valence electrons. The summed E-state index contributed by atoms with van der Waals surface area (Å²) in [5, 5.41) is 10.0. The van der Waals surface area contributed by atoms with E-state index in [1.165, 1.54) is 11.1 Å². The fourth-order valence-corrected chi connectivity index (χ4v) is 1.73. The van der Waals surface area contributed by atoms with E-state index in [0.29, 0.717) is 12.2 Å². The summed E-state index contributed by atoms with van der Waals surface area (Å²) in [6, 6.07) is 7.95. The number of hydrogen-bond acceptors (Lipinski definition) is 3. The van der Waals surface area contributed by atoms with Gasteiger partial charge in [0.05, 0.1) is 0 Å². The molecule has 1 heterocycles. The Hall–Kier alpha value is -1.74. The molecule has 0 aliphatic heterocycles. The standard InChI is InChI=1S/C14H16N2O/c1-10-4-5-12(8-11(10)2)9-13(17)14-15-6-3-7-16-14/h3-8,13,17H,9H2,1-2H3. The Balaban J connectivity index is 2.13. The highest BCUT2D eigenvalue weighted by Crippen LogP contribution is 2.17. The van der Waals surface area contributed by atoms with Crippen molar-refractivity contribution in [3.63, 3.8) is 0 Å². The zero-order valence-electron chi connectivity index (χ0n) is 10.1. The third-order valence-electron chi connectivity index (χ3n) is 2.88. The maximum Gasteiger partial charge on any atom is 0.157 e. The molecule has 3 nitrogen and oxygen atoms in total. The zero-order chi connectivity index (χ0) is 12.3. The summed E-state index contributed by atoms with van der Waals surface area (Å²) in [5.41, 5.74) is 3.61. The number of aromatic nitrogens is 2. The summed E-state index contributed by atoms with van der Waals surface area (Å²) >= 11 is 0. The third kappa shape index (κ3) is 2.88. The van der Waals surface area contributed by atoms with Gasteiger partial charge in [-0.05, 0) is 36.6 Å². The molecule has 1 aromatic heterocycles. The third-order valence-corrected chi connectivity index (χ3v) is 2.88. The molecule has 0 saturated carbocycles. The van der Waals surface area contributed by atoms with Crippen LogP contribution in [-0.2, 0) is 6.42 Å². The molecular formula is C14H16N2O. The summed E-state index contributed by atoms with van der Waals surface area (Å²) in [6.45, 7) is 4.15. The molecule has 0 aliphatic rings. The minimum absolute atomic E-state index is 0.478. The first-order valence-corrected chi connectivity index (χ1v) is 5.68. The van der Waals surface area contributed by atoms with Gasteiger partial charge in [-0.15, -0.1) is 0 Å². The maximum absolute atomic E-state index is 10.0. The van der Waals surface area contributed by atoms with Crippen LogP contribution in [0.4, 0.5) is 0 Å². The number of nitrogens with zero attached hydrogens (tertiary/aromatic N) is 2. The van der Waals surface area contributed by atoms with Crippen LogP contribution in [0, 0.1) is 13.8 Å². The molecule has 2 rings (SSSR count). The van der Waals surface area contributed by atoms with E-state index in [1.807, 2.05) is 6.07 Å². The van der Waals surface area contributed by atoms with Gasteiger partial charge in [-0.1, -0.05) is 18.2 Å². The van der Waals surface area contributed by atoms with Gasteiger partial charge >= 0.3 is 0 Å². The normalized spacial score (nSPS) is 12.4. The van der Waals surface area contributed by atoms with Crippen molar-refractivity contribution in [1.29, 1.82) is 0 Å². The van der Waals surface area contributed by atoms with Crippen LogP contribution in [0.3, 0.4) is 0 Å². The number of benzene rings is 1. The highest BCUT2D eigenvalue weighted by molar-refractivity contribution is 5.30. The molecule has 0 spiro atoms. The second-order valence-corrected chi connectivity index (χ2v) is 4.25. The summed E-state index contributed by atoms with van der Waals surface area (Å²) < 4.78 is 0. The molecular weight excluding hydrogens is 212 g/mol. The molecule has 1 atom stereocenters. The average molecular weight is 228 g/mol. The van der Waals surface area contributed by atoms with Gasteiger partial charge in [0.25, 0.3) is 0 Å². The number of aliphatic hydroxyl groups excluding tert-OH is 1. The number of aliphatic hydroxyl groups is 1. The molecule has 1 N–H and O–H groups in total. The molecule has 1 unspecified atom stereocenters. The van der Waals surface area contributed by atoms with Crippen molar-refractivity contribution < 1.29 is 5.11 Å². The van der Waals surface area contributed by atoms with Gasteiger partial charge in [0.1, 0.15) is 6.10 Å². The van der Waals surface area contributed by atoms with Gasteiger partial charge in [-0.25, -0.2) is 9.97 Å². The first-order chi connectivity index (χ1) is 8.16. The van der Waals surface area contributed by atoms with E-state index < -0.39 is 6.10 Å². The summed E-state index contributed by atoms with van der Waals surface area (Å²) in [5.74, 6) is 0.478. The molecule has 0 amide bonds. The lowest BCUT2D eigenvalue weighted by Crippen LogP contribution is -2.06. The monoisotopic (exact) mass is 228 g/mol. The fraction of sp³-hybridized carbons (Fsp3) is 0.286. The SMILES string of the molecule is Cc1ccc(CC(O)c2ncccn2)cc1C. The van der Waals surface area contributed by atoms with Crippen molar-refractivity contribution in [1.82, 2.24) is 9.97 Å². The molecule has 3 heteroatoms. The van der Waals surface area contributed by atoms with Crippen molar-refractivity contribution in [2.45, 2.75) is 26.4 Å². The van der Waals surface area contributed by atoms with E-state index in [-0.39, 0.29) is 0 Å². The number of aryl methyl sites for hydroxylation is 2. The Morgan fingerprint density at radius 3 is 2.47 bits per heavy atom. The minimum atomic E-state index is -0.640. The van der Waals surface area contributed by atoms with E-state index in [4.69, 9.17) is 0 Å². The molecule has 0 radical (unpaired) electrons. The van der Waals surface area contributed by atoms with Crippen molar-refractivity contribution >= 4 is 0 Å². The quantitative estimate of drug-likeness (QED) is 0.877. The topological polar surface area (TPSA) is 46.0 Å². The predicted molar refractivity (Wildman–Crippen MR) is 66.6 cm³/mol. The van der Waals surface area contributed by atoms with Gasteiger partial charge in [0, 0.05) is 18.8 Å². The van der Waals surface area contributed by atoms with E-state index in [0.717, 1.165) is 5.56 Å². The first kappa shape index (κ1) is 11.7. The summed E-state index contributed by atoms with van der Waals surface area (Å²) in [7, 11) is 0. The van der Waals surface area contributed by atoms with Crippen LogP contribution in [0.2, 0.25) is 0 Å². The summed E-state index contributed by atoms with van der Waals surface area (Å²) in [6.07, 6.45) is 3.20. The zero-order valence-corrected chi connectivity index (χ0v) is 10.1. The number of hydrogen-bond donors (Lipinski definition) is 1. The second-order valence-electron chi connectivity index (χ2n) is 4.25. The Kier molecular flexibility index (Phi) is 3.49. The van der Waals surface area contributed by atoms with Gasteiger partial charge in [0.15, 0.2) is 5.82 Å². The molecule has 0 saturated heterocycles. The van der Waals surface area contributed by atoms with Crippen LogP contribution in [-0.4, -0.2) is 15.1 Å². The van der Waals surface area contributed by atoms with Crippen LogP contribution in [0.1, 0.15) is 28.6 Å². The first-order valence-electron chi connectivity index (χ1n) is 5.68. The molecule has 17 heavy (non-hydrogen) atoms. The van der Waals surface area contributed by atoms with E-state index in [2.05, 4.69) is 35.9 Å². The van der Waals surface area contributed by atoms with E-state index >= 15 is 0 Å². The second kappa shape index (κ2) is 5.06. The molecule has 0 aliphatic carbocycles.